The van der Waals surface area contributed by atoms with E-state index < -0.39 is 0 Å². The van der Waals surface area contributed by atoms with Crippen molar-refractivity contribution in [2.75, 3.05) is 18.0 Å². The molecular weight excluding hydrogens is 394 g/mol. The number of rotatable bonds is 4. The molecule has 0 spiro atoms. The van der Waals surface area contributed by atoms with Gasteiger partial charge in [-0.05, 0) is 67.0 Å². The fourth-order valence-electron chi connectivity index (χ4n) is 3.41. The lowest BCUT2D eigenvalue weighted by Gasteiger charge is -2.34. The first-order valence-corrected chi connectivity index (χ1v) is 10.7. The average Bonchev–Trinajstić information content (AvgIpc) is 2.70. The standard InChI is InChI=1S/C20H24BrN.C5H8/c1-15(2)16-3-5-17(6-4-16)18-11-13-22(14-12-18)20-9-7-19(21)8-10-20;1-3-5-4-2/h3-10,15,18H,11-14H2,1-2H3;3-5H,1H2,2H3/b;5-4-. The van der Waals surface area contributed by atoms with Gasteiger partial charge in [0.15, 0.2) is 0 Å². The van der Waals surface area contributed by atoms with E-state index in [0.717, 1.165) is 17.6 Å². The van der Waals surface area contributed by atoms with Gasteiger partial charge in [-0.3, -0.25) is 0 Å². The number of hydrogen-bond donors (Lipinski definition) is 0. The number of allylic oxidation sites excluding steroid dienone is 3. The van der Waals surface area contributed by atoms with Gasteiger partial charge in [-0.25, -0.2) is 0 Å². The lowest BCUT2D eigenvalue weighted by Crippen LogP contribution is -2.32. The van der Waals surface area contributed by atoms with Crippen LogP contribution in [0.5, 0.6) is 0 Å². The summed E-state index contributed by atoms with van der Waals surface area (Å²) in [7, 11) is 0. The summed E-state index contributed by atoms with van der Waals surface area (Å²) in [5.74, 6) is 1.33. The largest absolute Gasteiger partial charge is 0.371 e. The summed E-state index contributed by atoms with van der Waals surface area (Å²) in [6, 6.07) is 18.0. The fraction of sp³-hybridized carbons (Fsp3) is 0.360. The van der Waals surface area contributed by atoms with Crippen molar-refractivity contribution < 1.29 is 0 Å². The quantitative estimate of drug-likeness (QED) is 0.453. The first kappa shape index (κ1) is 21.5. The van der Waals surface area contributed by atoms with Crippen molar-refractivity contribution in [1.29, 1.82) is 0 Å². The average molecular weight is 426 g/mol. The molecule has 0 atom stereocenters. The Morgan fingerprint density at radius 2 is 1.59 bits per heavy atom. The minimum Gasteiger partial charge on any atom is -0.371 e. The number of benzene rings is 2. The Morgan fingerprint density at radius 3 is 2.04 bits per heavy atom. The van der Waals surface area contributed by atoms with E-state index in [1.807, 2.05) is 19.1 Å². The molecule has 0 amide bonds. The normalized spacial score (nSPS) is 14.9. The van der Waals surface area contributed by atoms with Crippen molar-refractivity contribution in [1.82, 2.24) is 0 Å². The molecule has 2 aromatic rings. The van der Waals surface area contributed by atoms with Crippen LogP contribution in [0.25, 0.3) is 0 Å². The molecule has 2 heteroatoms. The van der Waals surface area contributed by atoms with Crippen molar-refractivity contribution in [3.63, 3.8) is 0 Å². The molecule has 2 aromatic carbocycles. The maximum absolute atomic E-state index is 3.51. The molecule has 1 nitrogen and oxygen atoms in total. The van der Waals surface area contributed by atoms with Crippen molar-refractivity contribution in [3.8, 4) is 0 Å². The van der Waals surface area contributed by atoms with Gasteiger partial charge in [-0.2, -0.15) is 0 Å². The van der Waals surface area contributed by atoms with Crippen LogP contribution in [-0.4, -0.2) is 13.1 Å². The summed E-state index contributed by atoms with van der Waals surface area (Å²) in [5.41, 5.74) is 4.30. The number of anilines is 1. The summed E-state index contributed by atoms with van der Waals surface area (Å²) < 4.78 is 1.15. The Kier molecular flexibility index (Phi) is 8.87. The molecule has 27 heavy (non-hydrogen) atoms. The highest BCUT2D eigenvalue weighted by molar-refractivity contribution is 9.10. The van der Waals surface area contributed by atoms with Crippen molar-refractivity contribution in [3.05, 3.63) is 88.9 Å². The van der Waals surface area contributed by atoms with Gasteiger partial charge >= 0.3 is 0 Å². The molecule has 0 aliphatic carbocycles. The van der Waals surface area contributed by atoms with Crippen LogP contribution in [0.1, 0.15) is 56.6 Å². The zero-order valence-electron chi connectivity index (χ0n) is 16.9. The topological polar surface area (TPSA) is 3.24 Å². The van der Waals surface area contributed by atoms with Crippen molar-refractivity contribution in [2.24, 2.45) is 0 Å². The molecule has 1 heterocycles. The van der Waals surface area contributed by atoms with Gasteiger partial charge in [0.2, 0.25) is 0 Å². The smallest absolute Gasteiger partial charge is 0.0366 e. The first-order chi connectivity index (χ1) is 13.0. The molecule has 0 N–H and O–H groups in total. The van der Waals surface area contributed by atoms with Crippen molar-refractivity contribution in [2.45, 2.75) is 45.4 Å². The second kappa shape index (κ2) is 11.1. The fourth-order valence-corrected chi connectivity index (χ4v) is 3.68. The van der Waals surface area contributed by atoms with Crippen molar-refractivity contribution >= 4 is 21.6 Å². The maximum atomic E-state index is 3.51. The van der Waals surface area contributed by atoms with E-state index in [4.69, 9.17) is 0 Å². The van der Waals surface area contributed by atoms with E-state index in [2.05, 4.69) is 89.8 Å². The van der Waals surface area contributed by atoms with E-state index >= 15 is 0 Å². The molecular formula is C25H32BrN. The third kappa shape index (κ3) is 6.70. The molecule has 1 saturated heterocycles. The minimum absolute atomic E-state index is 0.619. The van der Waals surface area contributed by atoms with Gasteiger partial charge < -0.3 is 4.90 Å². The van der Waals surface area contributed by atoms with Gasteiger partial charge in [0, 0.05) is 23.2 Å². The molecule has 1 aliphatic heterocycles. The zero-order chi connectivity index (χ0) is 19.6. The lowest BCUT2D eigenvalue weighted by molar-refractivity contribution is 0.505. The van der Waals surface area contributed by atoms with Crippen LogP contribution >= 0.6 is 15.9 Å². The van der Waals surface area contributed by atoms with Gasteiger partial charge in [0.05, 0.1) is 0 Å². The number of halogens is 1. The summed E-state index contributed by atoms with van der Waals surface area (Å²) in [5, 5.41) is 0. The highest BCUT2D eigenvalue weighted by Crippen LogP contribution is 2.31. The second-order valence-corrected chi connectivity index (χ2v) is 8.24. The Bertz CT molecular complexity index is 705. The highest BCUT2D eigenvalue weighted by Gasteiger charge is 2.20. The van der Waals surface area contributed by atoms with Crippen LogP contribution in [0.2, 0.25) is 0 Å². The number of hydrogen-bond acceptors (Lipinski definition) is 1. The van der Waals surface area contributed by atoms with E-state index in [9.17, 15) is 0 Å². The summed E-state index contributed by atoms with van der Waals surface area (Å²) in [4.78, 5) is 2.51. The SMILES string of the molecule is C=C/C=C\C.CC(C)c1ccc(C2CCN(c3ccc(Br)cc3)CC2)cc1. The molecule has 0 saturated carbocycles. The summed E-state index contributed by atoms with van der Waals surface area (Å²) in [6.45, 7) is 12.2. The predicted molar refractivity (Wildman–Crippen MR) is 124 cm³/mol. The van der Waals surface area contributed by atoms with Gasteiger partial charge in [-0.1, -0.05) is 78.8 Å². The summed E-state index contributed by atoms with van der Waals surface area (Å²) >= 11 is 3.51. The molecule has 0 aromatic heterocycles. The Balaban J connectivity index is 0.000000465. The molecule has 3 rings (SSSR count). The van der Waals surface area contributed by atoms with Crippen LogP contribution in [0.15, 0.2) is 77.8 Å². The first-order valence-electron chi connectivity index (χ1n) is 9.89. The highest BCUT2D eigenvalue weighted by atomic mass is 79.9. The van der Waals surface area contributed by atoms with Crippen LogP contribution in [0, 0.1) is 0 Å². The van der Waals surface area contributed by atoms with Gasteiger partial charge in [-0.15, -0.1) is 0 Å². The number of nitrogens with zero attached hydrogens (tertiary/aromatic N) is 1. The second-order valence-electron chi connectivity index (χ2n) is 7.32. The van der Waals surface area contributed by atoms with E-state index in [1.54, 1.807) is 6.08 Å². The molecule has 144 valence electrons. The molecule has 0 unspecified atom stereocenters. The van der Waals surface area contributed by atoms with Crippen LogP contribution < -0.4 is 4.90 Å². The Hall–Kier alpha value is -1.80. The van der Waals surface area contributed by atoms with E-state index in [-0.39, 0.29) is 0 Å². The van der Waals surface area contributed by atoms with Gasteiger partial charge in [0.1, 0.15) is 0 Å². The van der Waals surface area contributed by atoms with E-state index in [0.29, 0.717) is 11.8 Å². The molecule has 0 bridgehead atoms. The Labute approximate surface area is 173 Å². The van der Waals surface area contributed by atoms with Crippen LogP contribution in [-0.2, 0) is 0 Å². The minimum atomic E-state index is 0.619. The van der Waals surface area contributed by atoms with Gasteiger partial charge in [0.25, 0.3) is 0 Å². The zero-order valence-corrected chi connectivity index (χ0v) is 18.5. The monoisotopic (exact) mass is 425 g/mol. The van der Waals surface area contributed by atoms with E-state index in [1.165, 1.54) is 29.7 Å². The van der Waals surface area contributed by atoms with Crippen LogP contribution in [0.3, 0.4) is 0 Å². The lowest BCUT2D eigenvalue weighted by atomic mass is 9.88. The van der Waals surface area contributed by atoms with Crippen LogP contribution in [0.4, 0.5) is 5.69 Å². The third-order valence-electron chi connectivity index (χ3n) is 5.09. The molecule has 1 fully saturated rings. The molecule has 1 aliphatic rings. The Morgan fingerprint density at radius 1 is 1.00 bits per heavy atom. The maximum Gasteiger partial charge on any atom is 0.0366 e. The third-order valence-corrected chi connectivity index (χ3v) is 5.62. The summed E-state index contributed by atoms with van der Waals surface area (Å²) in [6.07, 6.45) is 8.07. The molecule has 0 radical (unpaired) electrons. The predicted octanol–water partition coefficient (Wildman–Crippen LogP) is 7.71. The number of piperidine rings is 1.